The molecule has 1 aromatic heterocycles. The molecule has 5 heteroatoms. The Balaban J connectivity index is 2.23. The number of halogens is 1. The summed E-state index contributed by atoms with van der Waals surface area (Å²) in [6.45, 7) is 0. The van der Waals surface area contributed by atoms with Gasteiger partial charge in [-0.3, -0.25) is 0 Å². The third-order valence-electron chi connectivity index (χ3n) is 3.29. The minimum atomic E-state index is -0.480. The molecular weight excluding hydrogens is 259 g/mol. The van der Waals surface area contributed by atoms with Crippen molar-refractivity contribution in [3.05, 3.63) is 42.2 Å². The van der Waals surface area contributed by atoms with Crippen molar-refractivity contribution >= 4 is 11.0 Å². The van der Waals surface area contributed by atoms with Crippen LogP contribution in [-0.4, -0.2) is 21.8 Å². The van der Waals surface area contributed by atoms with Crippen LogP contribution in [0.5, 0.6) is 11.5 Å². The average Bonchev–Trinajstić information content (AvgIpc) is 2.75. The molecule has 20 heavy (non-hydrogen) atoms. The lowest BCUT2D eigenvalue weighted by Gasteiger charge is -2.05. The van der Waals surface area contributed by atoms with Crippen LogP contribution in [0.3, 0.4) is 0 Å². The van der Waals surface area contributed by atoms with Crippen molar-refractivity contribution in [1.29, 1.82) is 0 Å². The molecule has 0 amide bonds. The maximum atomic E-state index is 13.1. The summed E-state index contributed by atoms with van der Waals surface area (Å²) in [6.07, 6.45) is 0. The van der Waals surface area contributed by atoms with Crippen molar-refractivity contribution in [1.82, 2.24) is 9.55 Å². The second-order valence-corrected chi connectivity index (χ2v) is 4.51. The Hall–Kier alpha value is -2.56. The summed E-state index contributed by atoms with van der Waals surface area (Å²) >= 11 is 0. The van der Waals surface area contributed by atoms with Gasteiger partial charge in [0.2, 0.25) is 0 Å². The molecule has 0 atom stereocenters. The van der Waals surface area contributed by atoms with Crippen LogP contribution in [-0.2, 0) is 7.05 Å². The molecule has 1 N–H and O–H groups in total. The molecular formula is C15H13FN2O2. The lowest BCUT2D eigenvalue weighted by Crippen LogP contribution is -1.93. The van der Waals surface area contributed by atoms with Gasteiger partial charge in [0.05, 0.1) is 23.7 Å². The van der Waals surface area contributed by atoms with Crippen molar-refractivity contribution in [3.63, 3.8) is 0 Å². The number of phenolic OH excluding ortho intramolecular Hbond substituents is 1. The molecule has 0 aliphatic carbocycles. The van der Waals surface area contributed by atoms with E-state index < -0.39 is 5.82 Å². The molecule has 3 rings (SSSR count). The number of benzene rings is 2. The fraction of sp³-hybridized carbons (Fsp3) is 0.133. The molecule has 0 fully saturated rings. The van der Waals surface area contributed by atoms with Crippen molar-refractivity contribution < 1.29 is 14.2 Å². The van der Waals surface area contributed by atoms with Gasteiger partial charge in [0, 0.05) is 19.2 Å². The van der Waals surface area contributed by atoms with Crippen molar-refractivity contribution in [2.75, 3.05) is 7.11 Å². The first-order valence-electron chi connectivity index (χ1n) is 6.09. The van der Waals surface area contributed by atoms with E-state index in [1.165, 1.54) is 12.1 Å². The normalized spacial score (nSPS) is 10.9. The Labute approximate surface area is 115 Å². The number of hydrogen-bond donors (Lipinski definition) is 1. The van der Waals surface area contributed by atoms with Gasteiger partial charge in [0.15, 0.2) is 0 Å². The number of aromatic nitrogens is 2. The van der Waals surface area contributed by atoms with Gasteiger partial charge >= 0.3 is 0 Å². The third-order valence-corrected chi connectivity index (χ3v) is 3.29. The second kappa shape index (κ2) is 4.52. The largest absolute Gasteiger partial charge is 0.507 e. The van der Waals surface area contributed by atoms with Crippen molar-refractivity contribution in [3.8, 4) is 22.9 Å². The fourth-order valence-corrected chi connectivity index (χ4v) is 2.24. The van der Waals surface area contributed by atoms with E-state index in [0.717, 1.165) is 17.1 Å². The van der Waals surface area contributed by atoms with Gasteiger partial charge in [0.25, 0.3) is 0 Å². The number of rotatable bonds is 2. The predicted octanol–water partition coefficient (Wildman–Crippen LogP) is 3.09. The highest BCUT2D eigenvalue weighted by Crippen LogP contribution is 2.31. The minimum Gasteiger partial charge on any atom is -0.507 e. The highest BCUT2D eigenvalue weighted by atomic mass is 19.1. The lowest BCUT2D eigenvalue weighted by atomic mass is 10.2. The van der Waals surface area contributed by atoms with Crippen LogP contribution >= 0.6 is 0 Å². The standard InChI is InChI=1S/C15H13FN2O2/c1-18-13-6-4-10(20-2)8-12(13)17-15(18)11-5-3-9(16)7-14(11)19/h3-8,19H,1-2H3. The van der Waals surface area contributed by atoms with Crippen LogP contribution in [0.4, 0.5) is 4.39 Å². The van der Waals surface area contributed by atoms with Gasteiger partial charge in [-0.05, 0) is 24.3 Å². The maximum absolute atomic E-state index is 13.1. The van der Waals surface area contributed by atoms with Crippen molar-refractivity contribution in [2.45, 2.75) is 0 Å². The number of ether oxygens (including phenoxy) is 1. The molecule has 0 unspecified atom stereocenters. The van der Waals surface area contributed by atoms with Gasteiger partial charge in [-0.1, -0.05) is 0 Å². The van der Waals surface area contributed by atoms with Crippen LogP contribution in [0.25, 0.3) is 22.4 Å². The van der Waals surface area contributed by atoms with Gasteiger partial charge in [-0.15, -0.1) is 0 Å². The van der Waals surface area contributed by atoms with E-state index in [0.29, 0.717) is 17.1 Å². The van der Waals surface area contributed by atoms with Gasteiger partial charge in [-0.2, -0.15) is 0 Å². The SMILES string of the molecule is COc1ccc2c(c1)nc(-c1ccc(F)cc1O)n2C. The topological polar surface area (TPSA) is 47.3 Å². The number of hydrogen-bond acceptors (Lipinski definition) is 3. The number of aryl methyl sites for hydroxylation is 1. The van der Waals surface area contributed by atoms with E-state index in [1.54, 1.807) is 7.11 Å². The molecule has 0 radical (unpaired) electrons. The molecule has 102 valence electrons. The van der Waals surface area contributed by atoms with Crippen LogP contribution in [0, 0.1) is 5.82 Å². The summed E-state index contributed by atoms with van der Waals surface area (Å²) in [5, 5.41) is 9.88. The van der Waals surface area contributed by atoms with E-state index in [4.69, 9.17) is 4.74 Å². The first-order valence-corrected chi connectivity index (χ1v) is 6.09. The smallest absolute Gasteiger partial charge is 0.144 e. The summed E-state index contributed by atoms with van der Waals surface area (Å²) in [5.74, 6) is 0.679. The molecule has 0 saturated heterocycles. The lowest BCUT2D eigenvalue weighted by molar-refractivity contribution is 0.415. The number of fused-ring (bicyclic) bond motifs is 1. The van der Waals surface area contributed by atoms with Crippen LogP contribution in [0.15, 0.2) is 36.4 Å². The highest BCUT2D eigenvalue weighted by Gasteiger charge is 2.14. The molecule has 0 aliphatic heterocycles. The van der Waals surface area contributed by atoms with Gasteiger partial charge < -0.3 is 14.4 Å². The summed E-state index contributed by atoms with van der Waals surface area (Å²) < 4.78 is 20.1. The Morgan fingerprint density at radius 2 is 2.00 bits per heavy atom. The van der Waals surface area contributed by atoms with Gasteiger partial charge in [0.1, 0.15) is 23.1 Å². The minimum absolute atomic E-state index is 0.129. The van der Waals surface area contributed by atoms with E-state index >= 15 is 0 Å². The van der Waals surface area contributed by atoms with E-state index in [-0.39, 0.29) is 5.75 Å². The Bertz CT molecular complexity index is 796. The molecule has 1 heterocycles. The Morgan fingerprint density at radius 1 is 1.20 bits per heavy atom. The molecule has 0 spiro atoms. The zero-order valence-corrected chi connectivity index (χ0v) is 11.1. The molecule has 0 bridgehead atoms. The van der Waals surface area contributed by atoms with Crippen molar-refractivity contribution in [2.24, 2.45) is 7.05 Å². The first-order chi connectivity index (χ1) is 9.60. The Kier molecular flexibility index (Phi) is 2.82. The molecule has 3 aromatic rings. The molecule has 2 aromatic carbocycles. The zero-order chi connectivity index (χ0) is 14.3. The van der Waals surface area contributed by atoms with E-state index in [1.807, 2.05) is 29.8 Å². The van der Waals surface area contributed by atoms with Crippen LogP contribution in [0.2, 0.25) is 0 Å². The molecule has 0 aliphatic rings. The summed E-state index contributed by atoms with van der Waals surface area (Å²) in [4.78, 5) is 4.48. The van der Waals surface area contributed by atoms with Crippen LogP contribution in [0.1, 0.15) is 0 Å². The summed E-state index contributed by atoms with van der Waals surface area (Å²) in [7, 11) is 3.44. The number of methoxy groups -OCH3 is 1. The highest BCUT2D eigenvalue weighted by molar-refractivity contribution is 5.83. The number of phenols is 1. The monoisotopic (exact) mass is 272 g/mol. The maximum Gasteiger partial charge on any atom is 0.144 e. The van der Waals surface area contributed by atoms with E-state index in [9.17, 15) is 9.50 Å². The summed E-state index contributed by atoms with van der Waals surface area (Å²) in [6, 6.07) is 9.45. The number of imidazole rings is 1. The van der Waals surface area contributed by atoms with E-state index in [2.05, 4.69) is 4.98 Å². The van der Waals surface area contributed by atoms with Crippen LogP contribution < -0.4 is 4.74 Å². The Morgan fingerprint density at radius 3 is 2.70 bits per heavy atom. The third kappa shape index (κ3) is 1.87. The predicted molar refractivity (Wildman–Crippen MR) is 74.3 cm³/mol. The fourth-order valence-electron chi connectivity index (χ4n) is 2.24. The molecule has 4 nitrogen and oxygen atoms in total. The zero-order valence-electron chi connectivity index (χ0n) is 11.1. The first kappa shape index (κ1) is 12.5. The number of aromatic hydroxyl groups is 1. The quantitative estimate of drug-likeness (QED) is 0.779. The molecule has 0 saturated carbocycles. The average molecular weight is 272 g/mol. The number of nitrogens with zero attached hydrogens (tertiary/aromatic N) is 2. The second-order valence-electron chi connectivity index (χ2n) is 4.51. The summed E-state index contributed by atoms with van der Waals surface area (Å²) in [5.41, 5.74) is 2.15. The van der Waals surface area contributed by atoms with Gasteiger partial charge in [-0.25, -0.2) is 9.37 Å².